The average molecular weight is 267 g/mol. The molecule has 1 fully saturated rings. The Morgan fingerprint density at radius 1 is 1.50 bits per heavy atom. The normalized spacial score (nSPS) is 19.9. The van der Waals surface area contributed by atoms with Crippen LogP contribution in [0.3, 0.4) is 0 Å². The van der Waals surface area contributed by atoms with E-state index in [1.165, 1.54) is 10.4 Å². The second-order valence-corrected chi connectivity index (χ2v) is 5.81. The number of nitrogens with zero attached hydrogens (tertiary/aromatic N) is 2. The van der Waals surface area contributed by atoms with Gasteiger partial charge in [0.15, 0.2) is 0 Å². The van der Waals surface area contributed by atoms with Crippen LogP contribution in [0.1, 0.15) is 22.9 Å². The molecular formula is C13H21N3OS. The van der Waals surface area contributed by atoms with Crippen molar-refractivity contribution in [2.45, 2.75) is 19.4 Å². The van der Waals surface area contributed by atoms with Gasteiger partial charge in [0.2, 0.25) is 5.91 Å². The predicted octanol–water partition coefficient (Wildman–Crippen LogP) is 1.22. The van der Waals surface area contributed by atoms with Crippen molar-refractivity contribution in [3.8, 4) is 0 Å². The summed E-state index contributed by atoms with van der Waals surface area (Å²) < 4.78 is 0. The van der Waals surface area contributed by atoms with E-state index in [9.17, 15) is 4.79 Å². The molecule has 1 aromatic heterocycles. The highest BCUT2D eigenvalue weighted by atomic mass is 32.1. The summed E-state index contributed by atoms with van der Waals surface area (Å²) in [7, 11) is 1.87. The SMILES string of the molecule is Cc1ccsc1C(CN)N1CCCN(C)C(=O)C1. The van der Waals surface area contributed by atoms with Gasteiger partial charge in [-0.25, -0.2) is 0 Å². The van der Waals surface area contributed by atoms with E-state index in [4.69, 9.17) is 5.73 Å². The van der Waals surface area contributed by atoms with E-state index in [1.807, 2.05) is 11.9 Å². The van der Waals surface area contributed by atoms with Crippen molar-refractivity contribution < 1.29 is 4.79 Å². The lowest BCUT2D eigenvalue weighted by atomic mass is 10.1. The van der Waals surface area contributed by atoms with Crippen molar-refractivity contribution in [3.05, 3.63) is 21.9 Å². The molecule has 0 radical (unpaired) electrons. The molecule has 4 nitrogen and oxygen atoms in total. The van der Waals surface area contributed by atoms with Crippen molar-refractivity contribution >= 4 is 17.2 Å². The Balaban J connectivity index is 2.17. The van der Waals surface area contributed by atoms with Crippen LogP contribution in [0.5, 0.6) is 0 Å². The lowest BCUT2D eigenvalue weighted by Gasteiger charge is -2.28. The number of carbonyl (C=O) groups is 1. The first kappa shape index (κ1) is 13.5. The third kappa shape index (κ3) is 2.74. The van der Waals surface area contributed by atoms with Crippen LogP contribution >= 0.6 is 11.3 Å². The molecule has 0 bridgehead atoms. The van der Waals surface area contributed by atoms with Crippen LogP contribution in [-0.4, -0.2) is 48.9 Å². The van der Waals surface area contributed by atoms with Crippen LogP contribution in [0.15, 0.2) is 11.4 Å². The minimum absolute atomic E-state index is 0.181. The van der Waals surface area contributed by atoms with E-state index in [1.54, 1.807) is 11.3 Å². The highest BCUT2D eigenvalue weighted by molar-refractivity contribution is 7.10. The monoisotopic (exact) mass is 267 g/mol. The number of thiophene rings is 1. The second-order valence-electron chi connectivity index (χ2n) is 4.86. The van der Waals surface area contributed by atoms with Gasteiger partial charge in [-0.2, -0.15) is 0 Å². The lowest BCUT2D eigenvalue weighted by molar-refractivity contribution is -0.130. The number of likely N-dealkylation sites (N-methyl/N-ethyl adjacent to an activating group) is 1. The molecule has 5 heteroatoms. The highest BCUT2D eigenvalue weighted by Gasteiger charge is 2.26. The van der Waals surface area contributed by atoms with Crippen LogP contribution in [0.4, 0.5) is 0 Å². The number of amides is 1. The van der Waals surface area contributed by atoms with Crippen LogP contribution in [-0.2, 0) is 4.79 Å². The fraction of sp³-hybridized carbons (Fsp3) is 0.615. The molecule has 2 rings (SSSR count). The summed E-state index contributed by atoms with van der Waals surface area (Å²) in [6.07, 6.45) is 1.02. The van der Waals surface area contributed by atoms with Crippen LogP contribution < -0.4 is 5.73 Å². The van der Waals surface area contributed by atoms with Gasteiger partial charge in [-0.1, -0.05) is 0 Å². The maximum Gasteiger partial charge on any atom is 0.236 e. The van der Waals surface area contributed by atoms with Gasteiger partial charge in [-0.15, -0.1) is 11.3 Å². The van der Waals surface area contributed by atoms with E-state index in [0.29, 0.717) is 13.1 Å². The van der Waals surface area contributed by atoms with Crippen LogP contribution in [0, 0.1) is 6.92 Å². The smallest absolute Gasteiger partial charge is 0.236 e. The molecular weight excluding hydrogens is 246 g/mol. The van der Waals surface area contributed by atoms with Gasteiger partial charge >= 0.3 is 0 Å². The summed E-state index contributed by atoms with van der Waals surface area (Å²) in [4.78, 5) is 17.3. The molecule has 1 amide bonds. The molecule has 0 aromatic carbocycles. The van der Waals surface area contributed by atoms with Crippen LogP contribution in [0.25, 0.3) is 0 Å². The van der Waals surface area contributed by atoms with Crippen LogP contribution in [0.2, 0.25) is 0 Å². The number of hydrogen-bond donors (Lipinski definition) is 1. The number of carbonyl (C=O) groups excluding carboxylic acids is 1. The van der Waals surface area contributed by atoms with Gasteiger partial charge in [0.1, 0.15) is 0 Å². The number of aryl methyl sites for hydroxylation is 1. The van der Waals surface area contributed by atoms with E-state index < -0.39 is 0 Å². The quantitative estimate of drug-likeness (QED) is 0.896. The molecule has 100 valence electrons. The van der Waals surface area contributed by atoms with E-state index in [0.717, 1.165) is 19.5 Å². The van der Waals surface area contributed by atoms with Crippen molar-refractivity contribution in [3.63, 3.8) is 0 Å². The van der Waals surface area contributed by atoms with Crippen molar-refractivity contribution in [2.24, 2.45) is 5.73 Å². The second kappa shape index (κ2) is 5.82. The van der Waals surface area contributed by atoms with Gasteiger partial charge in [0.25, 0.3) is 0 Å². The molecule has 1 aromatic rings. The first-order chi connectivity index (χ1) is 8.63. The fourth-order valence-electron chi connectivity index (χ4n) is 2.42. The molecule has 0 spiro atoms. The van der Waals surface area contributed by atoms with Gasteiger partial charge in [-0.3, -0.25) is 9.69 Å². The number of nitrogens with two attached hydrogens (primary N) is 1. The zero-order valence-electron chi connectivity index (χ0n) is 11.1. The van der Waals surface area contributed by atoms with Gasteiger partial charge in [-0.05, 0) is 30.4 Å². The molecule has 1 atom stereocenters. The zero-order valence-corrected chi connectivity index (χ0v) is 11.9. The van der Waals surface area contributed by atoms with E-state index >= 15 is 0 Å². The first-order valence-electron chi connectivity index (χ1n) is 6.35. The largest absolute Gasteiger partial charge is 0.345 e. The Labute approximate surface area is 112 Å². The third-order valence-electron chi connectivity index (χ3n) is 3.57. The minimum Gasteiger partial charge on any atom is -0.345 e. The maximum absolute atomic E-state index is 11.9. The molecule has 2 heterocycles. The molecule has 0 saturated carbocycles. The molecule has 1 unspecified atom stereocenters. The highest BCUT2D eigenvalue weighted by Crippen LogP contribution is 2.28. The Morgan fingerprint density at radius 2 is 2.28 bits per heavy atom. The number of rotatable bonds is 3. The standard InChI is InChI=1S/C13H21N3OS/c1-10-4-7-18-13(10)11(8-14)16-6-3-5-15(2)12(17)9-16/h4,7,11H,3,5-6,8-9,14H2,1-2H3. The van der Waals surface area contributed by atoms with Gasteiger partial charge in [0, 0.05) is 31.6 Å². The Hall–Kier alpha value is -0.910. The molecule has 1 aliphatic rings. The summed E-state index contributed by atoms with van der Waals surface area (Å²) in [5, 5.41) is 2.10. The van der Waals surface area contributed by atoms with Crippen molar-refractivity contribution in [1.29, 1.82) is 0 Å². The van der Waals surface area contributed by atoms with Crippen molar-refractivity contribution in [2.75, 3.05) is 33.2 Å². The van der Waals surface area contributed by atoms with Gasteiger partial charge < -0.3 is 10.6 Å². The summed E-state index contributed by atoms with van der Waals surface area (Å²) in [6, 6.07) is 2.30. The molecule has 18 heavy (non-hydrogen) atoms. The average Bonchev–Trinajstić information content (AvgIpc) is 2.68. The summed E-state index contributed by atoms with van der Waals surface area (Å²) in [5.74, 6) is 0.195. The maximum atomic E-state index is 11.9. The van der Waals surface area contributed by atoms with Crippen molar-refractivity contribution in [1.82, 2.24) is 9.80 Å². The Kier molecular flexibility index (Phi) is 4.37. The summed E-state index contributed by atoms with van der Waals surface area (Å²) >= 11 is 1.74. The number of hydrogen-bond acceptors (Lipinski definition) is 4. The van der Waals surface area contributed by atoms with Gasteiger partial charge in [0.05, 0.1) is 12.6 Å². The third-order valence-corrected chi connectivity index (χ3v) is 4.69. The molecule has 1 aliphatic heterocycles. The molecule has 1 saturated heterocycles. The fourth-order valence-corrected chi connectivity index (χ4v) is 3.50. The minimum atomic E-state index is 0.181. The molecule has 0 aliphatic carbocycles. The van der Waals surface area contributed by atoms with E-state index in [2.05, 4.69) is 23.3 Å². The predicted molar refractivity (Wildman–Crippen MR) is 74.7 cm³/mol. The van der Waals surface area contributed by atoms with E-state index in [-0.39, 0.29) is 11.9 Å². The first-order valence-corrected chi connectivity index (χ1v) is 7.23. The summed E-state index contributed by atoms with van der Waals surface area (Å²) in [5.41, 5.74) is 7.21. The Morgan fingerprint density at radius 3 is 2.89 bits per heavy atom. The summed E-state index contributed by atoms with van der Waals surface area (Å²) in [6.45, 7) is 4.94. The lowest BCUT2D eigenvalue weighted by Crippen LogP contribution is -2.39. The topological polar surface area (TPSA) is 49.6 Å². The molecule has 2 N–H and O–H groups in total. The zero-order chi connectivity index (χ0) is 13.1. The Bertz CT molecular complexity index is 418.